The number of aromatic carboxylic acids is 1. The average molecular weight is 501 g/mol. The second-order valence-electron chi connectivity index (χ2n) is 8.90. The van der Waals surface area contributed by atoms with E-state index in [2.05, 4.69) is 45.5 Å². The molecular weight excluding hydrogens is 472 g/mol. The lowest BCUT2D eigenvalue weighted by Crippen LogP contribution is -2.40. The molecule has 0 spiro atoms. The fraction of sp³-hybridized carbons (Fsp3) is 0.250. The number of nitrogens with zero attached hydrogens (tertiary/aromatic N) is 2. The summed E-state index contributed by atoms with van der Waals surface area (Å²) in [6.07, 6.45) is 3.84. The van der Waals surface area contributed by atoms with E-state index in [-0.39, 0.29) is 11.9 Å². The Hall–Kier alpha value is -3.62. The molecule has 1 aliphatic heterocycles. The molecule has 36 heavy (non-hydrogen) atoms. The molecule has 3 aromatic carbocycles. The normalized spacial score (nSPS) is 15.3. The minimum Gasteiger partial charge on any atom is -0.478 e. The number of thioether (sulfide) groups is 1. The third-order valence-corrected chi connectivity index (χ3v) is 7.47. The molecule has 1 fully saturated rings. The molecule has 8 heteroatoms. The summed E-state index contributed by atoms with van der Waals surface area (Å²) < 4.78 is 2.09. The summed E-state index contributed by atoms with van der Waals surface area (Å²) in [6.45, 7) is 1.84. The van der Waals surface area contributed by atoms with Crippen molar-refractivity contribution in [2.45, 2.75) is 42.9 Å². The van der Waals surface area contributed by atoms with Gasteiger partial charge in [-0.2, -0.15) is 0 Å². The first-order chi connectivity index (χ1) is 17.6. The average Bonchev–Trinajstić information content (AvgIpc) is 3.57. The molecule has 4 aromatic rings. The molecule has 7 nitrogen and oxygen atoms in total. The van der Waals surface area contributed by atoms with Crippen molar-refractivity contribution < 1.29 is 14.7 Å². The molecule has 5 rings (SSSR count). The molecular formula is C28H28N4O3S. The molecule has 184 valence electrons. The van der Waals surface area contributed by atoms with Gasteiger partial charge in [-0.25, -0.2) is 9.78 Å². The number of hydrogen-bond acceptors (Lipinski definition) is 5. The van der Waals surface area contributed by atoms with E-state index in [4.69, 9.17) is 4.98 Å². The number of fused-ring (bicyclic) bond motifs is 1. The van der Waals surface area contributed by atoms with E-state index in [1.165, 1.54) is 28.1 Å². The molecule has 2 heterocycles. The Morgan fingerprint density at radius 2 is 1.83 bits per heavy atom. The van der Waals surface area contributed by atoms with Crippen molar-refractivity contribution in [2.75, 3.05) is 6.54 Å². The summed E-state index contributed by atoms with van der Waals surface area (Å²) in [6, 6.07) is 21.5. The number of carbonyl (C=O) groups is 2. The number of imidazole rings is 1. The van der Waals surface area contributed by atoms with Crippen molar-refractivity contribution >= 4 is 34.4 Å². The van der Waals surface area contributed by atoms with Crippen LogP contribution in [0.4, 0.5) is 0 Å². The van der Waals surface area contributed by atoms with Gasteiger partial charge in [-0.15, -0.1) is 0 Å². The standard InChI is InChI=1S/C28H28N4O3S/c33-26(25-13-6-14-29-25)30-15-22-17-32(16-20-10-5-9-19-7-1-3-11-23(19)20)28(31-22)36-18-21-8-2-4-12-24(21)27(34)35/h1-5,7-12,17,25,29H,6,13-16,18H2,(H,30,33)(H,34,35)/t25-/m0/s1. The van der Waals surface area contributed by atoms with Gasteiger partial charge in [-0.05, 0) is 47.4 Å². The van der Waals surface area contributed by atoms with Gasteiger partial charge >= 0.3 is 5.97 Å². The van der Waals surface area contributed by atoms with Crippen LogP contribution in [-0.4, -0.2) is 39.1 Å². The minimum absolute atomic E-state index is 0.000641. The predicted molar refractivity (Wildman–Crippen MR) is 141 cm³/mol. The van der Waals surface area contributed by atoms with Crippen molar-refractivity contribution in [3.8, 4) is 0 Å². The maximum Gasteiger partial charge on any atom is 0.335 e. The van der Waals surface area contributed by atoms with Crippen LogP contribution in [0.1, 0.15) is 40.0 Å². The number of benzene rings is 3. The molecule has 1 aromatic heterocycles. The van der Waals surface area contributed by atoms with Gasteiger partial charge in [0.05, 0.1) is 30.4 Å². The Balaban J connectivity index is 1.39. The van der Waals surface area contributed by atoms with Crippen LogP contribution < -0.4 is 10.6 Å². The fourth-order valence-corrected chi connectivity index (χ4v) is 5.59. The maximum absolute atomic E-state index is 12.5. The Bertz CT molecular complexity index is 1390. The van der Waals surface area contributed by atoms with Gasteiger partial charge in [0.1, 0.15) is 0 Å². The number of carbonyl (C=O) groups excluding carboxylic acids is 1. The van der Waals surface area contributed by atoms with E-state index in [0.29, 0.717) is 24.4 Å². The number of carboxylic acids is 1. The van der Waals surface area contributed by atoms with Crippen molar-refractivity contribution in [3.63, 3.8) is 0 Å². The molecule has 1 saturated heterocycles. The van der Waals surface area contributed by atoms with Crippen LogP contribution in [0.25, 0.3) is 10.8 Å². The molecule has 1 aliphatic rings. The number of nitrogens with one attached hydrogen (secondary N) is 2. The van der Waals surface area contributed by atoms with Gasteiger partial charge in [0.2, 0.25) is 5.91 Å². The number of hydrogen-bond donors (Lipinski definition) is 3. The zero-order valence-corrected chi connectivity index (χ0v) is 20.6. The molecule has 0 radical (unpaired) electrons. The van der Waals surface area contributed by atoms with Gasteiger partial charge in [-0.3, -0.25) is 4.79 Å². The smallest absolute Gasteiger partial charge is 0.335 e. The maximum atomic E-state index is 12.5. The number of rotatable bonds is 9. The third-order valence-electron chi connectivity index (χ3n) is 6.44. The van der Waals surface area contributed by atoms with Gasteiger partial charge in [-0.1, -0.05) is 72.4 Å². The van der Waals surface area contributed by atoms with E-state index in [9.17, 15) is 14.7 Å². The lowest BCUT2D eigenvalue weighted by molar-refractivity contribution is -0.122. The lowest BCUT2D eigenvalue weighted by Gasteiger charge is -2.11. The van der Waals surface area contributed by atoms with Gasteiger partial charge in [0.15, 0.2) is 5.16 Å². The molecule has 0 bridgehead atoms. The van der Waals surface area contributed by atoms with Crippen LogP contribution in [0.5, 0.6) is 0 Å². The zero-order chi connectivity index (χ0) is 24.9. The predicted octanol–water partition coefficient (Wildman–Crippen LogP) is 4.44. The molecule has 0 aliphatic carbocycles. The molecule has 1 amide bonds. The molecule has 0 unspecified atom stereocenters. The first-order valence-electron chi connectivity index (χ1n) is 12.1. The van der Waals surface area contributed by atoms with Gasteiger partial charge in [0.25, 0.3) is 0 Å². The minimum atomic E-state index is -0.936. The highest BCUT2D eigenvalue weighted by Gasteiger charge is 2.22. The summed E-state index contributed by atoms with van der Waals surface area (Å²) in [4.78, 5) is 29.0. The highest BCUT2D eigenvalue weighted by Crippen LogP contribution is 2.27. The van der Waals surface area contributed by atoms with Crippen LogP contribution >= 0.6 is 11.8 Å². The summed E-state index contributed by atoms with van der Waals surface area (Å²) in [5.74, 6) is -0.456. The van der Waals surface area contributed by atoms with E-state index in [1.807, 2.05) is 30.5 Å². The van der Waals surface area contributed by atoms with Crippen molar-refractivity contribution in [2.24, 2.45) is 0 Å². The van der Waals surface area contributed by atoms with E-state index in [1.54, 1.807) is 12.1 Å². The Morgan fingerprint density at radius 3 is 2.67 bits per heavy atom. The van der Waals surface area contributed by atoms with Crippen molar-refractivity contribution in [3.05, 3.63) is 95.3 Å². The first-order valence-corrected chi connectivity index (χ1v) is 13.0. The Morgan fingerprint density at radius 1 is 1.06 bits per heavy atom. The second kappa shape index (κ2) is 11.0. The van der Waals surface area contributed by atoms with E-state index in [0.717, 1.165) is 35.8 Å². The molecule has 3 N–H and O–H groups in total. The lowest BCUT2D eigenvalue weighted by atomic mass is 10.0. The van der Waals surface area contributed by atoms with Crippen LogP contribution in [0.2, 0.25) is 0 Å². The second-order valence-corrected chi connectivity index (χ2v) is 9.84. The highest BCUT2D eigenvalue weighted by atomic mass is 32.2. The van der Waals surface area contributed by atoms with E-state index >= 15 is 0 Å². The van der Waals surface area contributed by atoms with Gasteiger partial charge in [0, 0.05) is 11.9 Å². The Kier molecular flexibility index (Phi) is 7.34. The van der Waals surface area contributed by atoms with Gasteiger partial charge < -0.3 is 20.3 Å². The number of amides is 1. The fourth-order valence-electron chi connectivity index (χ4n) is 4.58. The SMILES string of the molecule is O=C(O)c1ccccc1CSc1nc(CNC(=O)[C@@H]2CCCN2)cn1Cc1cccc2ccccc12. The quantitative estimate of drug-likeness (QED) is 0.294. The summed E-state index contributed by atoms with van der Waals surface area (Å²) in [5.41, 5.74) is 2.99. The summed E-state index contributed by atoms with van der Waals surface area (Å²) >= 11 is 1.50. The summed E-state index contributed by atoms with van der Waals surface area (Å²) in [5, 5.41) is 18.9. The first kappa shape index (κ1) is 24.1. The van der Waals surface area contributed by atoms with Crippen LogP contribution in [0.3, 0.4) is 0 Å². The number of aromatic nitrogens is 2. The zero-order valence-electron chi connectivity index (χ0n) is 19.8. The molecule has 1 atom stereocenters. The van der Waals surface area contributed by atoms with Crippen LogP contribution in [0.15, 0.2) is 78.1 Å². The summed E-state index contributed by atoms with van der Waals surface area (Å²) in [7, 11) is 0. The van der Waals surface area contributed by atoms with Crippen LogP contribution in [-0.2, 0) is 23.6 Å². The molecule has 0 saturated carbocycles. The topological polar surface area (TPSA) is 96.2 Å². The number of carboxylic acid groups (broad SMARTS) is 1. The van der Waals surface area contributed by atoms with Crippen LogP contribution in [0, 0.1) is 0 Å². The Labute approximate surface area is 213 Å². The highest BCUT2D eigenvalue weighted by molar-refractivity contribution is 7.98. The van der Waals surface area contributed by atoms with E-state index < -0.39 is 5.97 Å². The van der Waals surface area contributed by atoms with Crippen molar-refractivity contribution in [1.29, 1.82) is 0 Å². The monoisotopic (exact) mass is 500 g/mol. The third kappa shape index (κ3) is 5.45. The largest absolute Gasteiger partial charge is 0.478 e. The van der Waals surface area contributed by atoms with Crippen molar-refractivity contribution in [1.82, 2.24) is 20.2 Å².